The van der Waals surface area contributed by atoms with Crippen LogP contribution >= 0.6 is 0 Å². The van der Waals surface area contributed by atoms with E-state index in [9.17, 15) is 4.79 Å². The molecule has 3 rings (SSSR count). The Balaban J connectivity index is 1.47. The maximum Gasteiger partial charge on any atom is 0.234 e. The van der Waals surface area contributed by atoms with Gasteiger partial charge in [-0.1, -0.05) is 0 Å². The summed E-state index contributed by atoms with van der Waals surface area (Å²) in [6.45, 7) is 9.06. The second-order valence-electron chi connectivity index (χ2n) is 7.08. The summed E-state index contributed by atoms with van der Waals surface area (Å²) in [6.07, 6.45) is 5.41. The Kier molecular flexibility index (Phi) is 4.82. The third-order valence-corrected chi connectivity index (χ3v) is 4.75. The van der Waals surface area contributed by atoms with E-state index in [1.54, 1.807) is 0 Å². The van der Waals surface area contributed by atoms with Gasteiger partial charge in [-0.05, 0) is 46.1 Å². The molecule has 3 atom stereocenters. The lowest BCUT2D eigenvalue weighted by Crippen LogP contribution is -2.51. The Labute approximate surface area is 128 Å². The molecule has 2 saturated heterocycles. The van der Waals surface area contributed by atoms with Gasteiger partial charge in [-0.3, -0.25) is 14.6 Å². The van der Waals surface area contributed by atoms with E-state index in [0.29, 0.717) is 30.8 Å². The number of rotatable bonds is 5. The third kappa shape index (κ3) is 4.41. The summed E-state index contributed by atoms with van der Waals surface area (Å²) in [5.74, 6) is 0.216. The topological polar surface area (TPSA) is 44.8 Å². The van der Waals surface area contributed by atoms with Crippen LogP contribution < -0.4 is 5.32 Å². The first kappa shape index (κ1) is 15.3. The van der Waals surface area contributed by atoms with Gasteiger partial charge in [0, 0.05) is 31.7 Å². The number of amides is 1. The number of likely N-dealkylation sites (tertiary alicyclic amines) is 1. The number of carbonyl (C=O) groups is 1. The minimum atomic E-state index is 0.216. The highest BCUT2D eigenvalue weighted by molar-refractivity contribution is 5.78. The van der Waals surface area contributed by atoms with Gasteiger partial charge >= 0.3 is 0 Å². The van der Waals surface area contributed by atoms with Crippen LogP contribution in [0, 0.1) is 0 Å². The second kappa shape index (κ2) is 6.63. The molecule has 0 aromatic heterocycles. The van der Waals surface area contributed by atoms with Crippen molar-refractivity contribution in [3.8, 4) is 0 Å². The molecule has 120 valence electrons. The monoisotopic (exact) mass is 295 g/mol. The van der Waals surface area contributed by atoms with Crippen molar-refractivity contribution in [3.05, 3.63) is 0 Å². The minimum absolute atomic E-state index is 0.216. The van der Waals surface area contributed by atoms with Crippen molar-refractivity contribution >= 4 is 5.91 Å². The molecule has 0 aromatic carbocycles. The minimum Gasteiger partial charge on any atom is -0.373 e. The molecule has 0 radical (unpaired) electrons. The van der Waals surface area contributed by atoms with Crippen molar-refractivity contribution in [2.45, 2.75) is 63.8 Å². The van der Waals surface area contributed by atoms with E-state index >= 15 is 0 Å². The molecular formula is C16H29N3O2. The molecule has 2 aliphatic heterocycles. The SMILES string of the molecule is CC1CN(CC2CCCN2CC(=O)NC2CC2)CC(C)O1. The number of morpholine rings is 1. The van der Waals surface area contributed by atoms with Crippen LogP contribution in [0.25, 0.3) is 0 Å². The van der Waals surface area contributed by atoms with Crippen molar-refractivity contribution in [1.82, 2.24) is 15.1 Å². The highest BCUT2D eigenvalue weighted by Gasteiger charge is 2.31. The first-order chi connectivity index (χ1) is 10.1. The van der Waals surface area contributed by atoms with E-state index in [1.165, 1.54) is 25.7 Å². The summed E-state index contributed by atoms with van der Waals surface area (Å²) in [4.78, 5) is 16.9. The summed E-state index contributed by atoms with van der Waals surface area (Å²) in [5.41, 5.74) is 0. The van der Waals surface area contributed by atoms with Crippen LogP contribution in [0.1, 0.15) is 39.5 Å². The number of hydrogen-bond donors (Lipinski definition) is 1. The van der Waals surface area contributed by atoms with Gasteiger partial charge in [0.1, 0.15) is 0 Å². The average molecular weight is 295 g/mol. The summed E-state index contributed by atoms with van der Waals surface area (Å²) >= 11 is 0. The molecule has 0 spiro atoms. The summed E-state index contributed by atoms with van der Waals surface area (Å²) in [6, 6.07) is 1.01. The van der Waals surface area contributed by atoms with E-state index in [4.69, 9.17) is 4.74 Å². The molecule has 0 bridgehead atoms. The van der Waals surface area contributed by atoms with Crippen LogP contribution in [-0.4, -0.2) is 72.7 Å². The van der Waals surface area contributed by atoms with Gasteiger partial charge < -0.3 is 10.1 Å². The normalized spacial score (nSPS) is 35.0. The molecule has 1 saturated carbocycles. The highest BCUT2D eigenvalue weighted by atomic mass is 16.5. The number of nitrogens with one attached hydrogen (secondary N) is 1. The summed E-state index contributed by atoms with van der Waals surface area (Å²) < 4.78 is 5.80. The Morgan fingerprint density at radius 2 is 1.90 bits per heavy atom. The molecule has 5 nitrogen and oxygen atoms in total. The van der Waals surface area contributed by atoms with E-state index in [1.807, 2.05) is 0 Å². The molecule has 1 amide bonds. The lowest BCUT2D eigenvalue weighted by molar-refractivity contribution is -0.123. The fourth-order valence-electron chi connectivity index (χ4n) is 3.73. The highest BCUT2D eigenvalue weighted by Crippen LogP contribution is 2.21. The molecular weight excluding hydrogens is 266 g/mol. The number of hydrogen-bond acceptors (Lipinski definition) is 4. The third-order valence-electron chi connectivity index (χ3n) is 4.75. The van der Waals surface area contributed by atoms with Gasteiger partial charge in [-0.15, -0.1) is 0 Å². The Bertz CT molecular complexity index is 363. The van der Waals surface area contributed by atoms with Crippen molar-refractivity contribution in [1.29, 1.82) is 0 Å². The van der Waals surface area contributed by atoms with Crippen LogP contribution in [0.3, 0.4) is 0 Å². The van der Waals surface area contributed by atoms with E-state index in [2.05, 4.69) is 29.0 Å². The van der Waals surface area contributed by atoms with E-state index in [-0.39, 0.29) is 5.91 Å². The lowest BCUT2D eigenvalue weighted by atomic mass is 10.1. The second-order valence-corrected chi connectivity index (χ2v) is 7.08. The van der Waals surface area contributed by atoms with Gasteiger partial charge in [0.05, 0.1) is 18.8 Å². The van der Waals surface area contributed by atoms with Crippen LogP contribution in [0.4, 0.5) is 0 Å². The first-order valence-corrected chi connectivity index (χ1v) is 8.51. The molecule has 5 heteroatoms. The smallest absolute Gasteiger partial charge is 0.234 e. The van der Waals surface area contributed by atoms with Crippen LogP contribution in [-0.2, 0) is 9.53 Å². The standard InChI is InChI=1S/C16H29N3O2/c1-12-8-18(9-13(2)21-12)10-15-4-3-7-19(15)11-16(20)17-14-5-6-14/h12-15H,3-11H2,1-2H3,(H,17,20). The average Bonchev–Trinajstić information content (AvgIpc) is 3.09. The zero-order valence-electron chi connectivity index (χ0n) is 13.4. The lowest BCUT2D eigenvalue weighted by Gasteiger charge is -2.38. The quantitative estimate of drug-likeness (QED) is 0.816. The summed E-state index contributed by atoms with van der Waals surface area (Å²) in [5, 5.41) is 3.10. The number of ether oxygens (including phenoxy) is 1. The van der Waals surface area contributed by atoms with Crippen molar-refractivity contribution in [2.24, 2.45) is 0 Å². The Morgan fingerprint density at radius 3 is 2.57 bits per heavy atom. The molecule has 3 aliphatic rings. The molecule has 3 unspecified atom stereocenters. The van der Waals surface area contributed by atoms with Crippen LogP contribution in [0.2, 0.25) is 0 Å². The maximum absolute atomic E-state index is 12.0. The van der Waals surface area contributed by atoms with Crippen molar-refractivity contribution in [3.63, 3.8) is 0 Å². The van der Waals surface area contributed by atoms with Gasteiger partial charge in [-0.2, -0.15) is 0 Å². The fraction of sp³-hybridized carbons (Fsp3) is 0.938. The predicted molar refractivity (Wildman–Crippen MR) is 82.2 cm³/mol. The molecule has 21 heavy (non-hydrogen) atoms. The predicted octanol–water partition coefficient (Wildman–Crippen LogP) is 0.839. The van der Waals surface area contributed by atoms with Crippen LogP contribution in [0.5, 0.6) is 0 Å². The fourth-order valence-corrected chi connectivity index (χ4v) is 3.73. The zero-order valence-corrected chi connectivity index (χ0v) is 13.4. The molecule has 1 N–H and O–H groups in total. The zero-order chi connectivity index (χ0) is 14.8. The largest absolute Gasteiger partial charge is 0.373 e. The molecule has 0 aromatic rings. The van der Waals surface area contributed by atoms with E-state index < -0.39 is 0 Å². The Morgan fingerprint density at radius 1 is 1.19 bits per heavy atom. The van der Waals surface area contributed by atoms with E-state index in [0.717, 1.165) is 26.2 Å². The van der Waals surface area contributed by atoms with Crippen LogP contribution in [0.15, 0.2) is 0 Å². The number of carbonyl (C=O) groups excluding carboxylic acids is 1. The molecule has 1 aliphatic carbocycles. The van der Waals surface area contributed by atoms with Crippen molar-refractivity contribution in [2.75, 3.05) is 32.7 Å². The van der Waals surface area contributed by atoms with Gasteiger partial charge in [-0.25, -0.2) is 0 Å². The Hall–Kier alpha value is -0.650. The van der Waals surface area contributed by atoms with Gasteiger partial charge in [0.15, 0.2) is 0 Å². The van der Waals surface area contributed by atoms with Crippen molar-refractivity contribution < 1.29 is 9.53 Å². The molecule has 3 fully saturated rings. The first-order valence-electron chi connectivity index (χ1n) is 8.51. The summed E-state index contributed by atoms with van der Waals surface area (Å²) in [7, 11) is 0. The van der Waals surface area contributed by atoms with Gasteiger partial charge in [0.25, 0.3) is 0 Å². The van der Waals surface area contributed by atoms with Gasteiger partial charge in [0.2, 0.25) is 5.91 Å². The number of nitrogens with zero attached hydrogens (tertiary/aromatic N) is 2. The maximum atomic E-state index is 12.0. The molecule has 2 heterocycles.